The molecule has 0 aliphatic rings. The van der Waals surface area contributed by atoms with Gasteiger partial charge in [0.05, 0.1) is 17.1 Å². The Morgan fingerprint density at radius 2 is 2.25 bits per heavy atom. The Morgan fingerprint density at radius 1 is 1.46 bits per heavy atom. The molecule has 0 saturated carbocycles. The van der Waals surface area contributed by atoms with Gasteiger partial charge in [-0.05, 0) is 13.0 Å². The first-order chi connectivity index (χ1) is 11.5. The van der Waals surface area contributed by atoms with Crippen LogP contribution in [0.15, 0.2) is 30.5 Å². The first-order valence-corrected chi connectivity index (χ1v) is 7.28. The van der Waals surface area contributed by atoms with Crippen molar-refractivity contribution in [3.63, 3.8) is 0 Å². The Balaban J connectivity index is 2.05. The van der Waals surface area contributed by atoms with Crippen molar-refractivity contribution >= 4 is 17.4 Å². The molecule has 0 unspecified atom stereocenters. The predicted octanol–water partition coefficient (Wildman–Crippen LogP) is 1.54. The standard InChI is InChI=1S/C15H17N5O4/c1-2-24-13-5-3-4-10(19-13)6-7-17-15-12(14(16)21)8-11(9-18-15)20(22)23/h3-5,8-9H,2,6-7H2,1H3,(H2,16,21)(H,17,18). The van der Waals surface area contributed by atoms with Crippen molar-refractivity contribution in [2.24, 2.45) is 5.73 Å². The number of primary amides is 1. The van der Waals surface area contributed by atoms with Crippen molar-refractivity contribution in [2.75, 3.05) is 18.5 Å². The maximum absolute atomic E-state index is 11.4. The van der Waals surface area contributed by atoms with Gasteiger partial charge in [-0.25, -0.2) is 9.97 Å². The van der Waals surface area contributed by atoms with Crippen LogP contribution < -0.4 is 15.8 Å². The second kappa shape index (κ2) is 7.86. The Labute approximate surface area is 138 Å². The van der Waals surface area contributed by atoms with Crippen molar-refractivity contribution in [2.45, 2.75) is 13.3 Å². The van der Waals surface area contributed by atoms with E-state index in [2.05, 4.69) is 15.3 Å². The summed E-state index contributed by atoms with van der Waals surface area (Å²) in [5.74, 6) is -0.0412. The minimum Gasteiger partial charge on any atom is -0.478 e. The average molecular weight is 331 g/mol. The van der Waals surface area contributed by atoms with E-state index in [9.17, 15) is 14.9 Å². The molecule has 0 bridgehead atoms. The fourth-order valence-electron chi connectivity index (χ4n) is 2.02. The summed E-state index contributed by atoms with van der Waals surface area (Å²) < 4.78 is 5.33. The number of amides is 1. The Bertz CT molecular complexity index is 750. The number of carbonyl (C=O) groups is 1. The molecule has 24 heavy (non-hydrogen) atoms. The van der Waals surface area contributed by atoms with Gasteiger partial charge in [0.2, 0.25) is 5.88 Å². The molecule has 1 amide bonds. The third-order valence-electron chi connectivity index (χ3n) is 3.10. The zero-order chi connectivity index (χ0) is 17.5. The van der Waals surface area contributed by atoms with Crippen LogP contribution >= 0.6 is 0 Å². The van der Waals surface area contributed by atoms with Crippen LogP contribution in [0.25, 0.3) is 0 Å². The average Bonchev–Trinajstić information content (AvgIpc) is 2.55. The maximum atomic E-state index is 11.4. The number of rotatable bonds is 8. The Hall–Kier alpha value is -3.23. The highest BCUT2D eigenvalue weighted by atomic mass is 16.6. The second-order valence-electron chi connectivity index (χ2n) is 4.79. The minimum absolute atomic E-state index is 0.0276. The lowest BCUT2D eigenvalue weighted by molar-refractivity contribution is -0.385. The number of carbonyl (C=O) groups excluding carboxylic acids is 1. The highest BCUT2D eigenvalue weighted by Crippen LogP contribution is 2.18. The number of ether oxygens (including phenoxy) is 1. The number of nitrogens with zero attached hydrogens (tertiary/aromatic N) is 3. The highest BCUT2D eigenvalue weighted by Gasteiger charge is 2.16. The summed E-state index contributed by atoms with van der Waals surface area (Å²) in [6, 6.07) is 6.56. The Kier molecular flexibility index (Phi) is 5.61. The van der Waals surface area contributed by atoms with Gasteiger partial charge in [-0.1, -0.05) is 6.07 Å². The smallest absolute Gasteiger partial charge is 0.288 e. The minimum atomic E-state index is -0.787. The molecule has 2 rings (SSSR count). The normalized spacial score (nSPS) is 10.2. The molecule has 3 N–H and O–H groups in total. The summed E-state index contributed by atoms with van der Waals surface area (Å²) >= 11 is 0. The molecule has 9 nitrogen and oxygen atoms in total. The van der Waals surface area contributed by atoms with E-state index in [4.69, 9.17) is 10.5 Å². The molecule has 0 aromatic carbocycles. The van der Waals surface area contributed by atoms with E-state index in [0.29, 0.717) is 25.5 Å². The van der Waals surface area contributed by atoms with Crippen LogP contribution in [0.3, 0.4) is 0 Å². The number of nitro groups is 1. The summed E-state index contributed by atoms with van der Waals surface area (Å²) in [5, 5.41) is 13.7. The van der Waals surface area contributed by atoms with E-state index in [-0.39, 0.29) is 17.1 Å². The summed E-state index contributed by atoms with van der Waals surface area (Å²) in [6.45, 7) is 2.83. The number of anilines is 1. The van der Waals surface area contributed by atoms with Crippen LogP contribution in [0.5, 0.6) is 5.88 Å². The van der Waals surface area contributed by atoms with Gasteiger partial charge in [0.15, 0.2) is 0 Å². The summed E-state index contributed by atoms with van der Waals surface area (Å²) in [4.78, 5) is 29.8. The molecular formula is C15H17N5O4. The van der Waals surface area contributed by atoms with Crippen molar-refractivity contribution in [1.29, 1.82) is 0 Å². The van der Waals surface area contributed by atoms with Crippen LogP contribution in [0.1, 0.15) is 23.0 Å². The zero-order valence-electron chi connectivity index (χ0n) is 13.1. The number of aromatic nitrogens is 2. The summed E-state index contributed by atoms with van der Waals surface area (Å²) in [7, 11) is 0. The fourth-order valence-corrected chi connectivity index (χ4v) is 2.02. The summed E-state index contributed by atoms with van der Waals surface area (Å²) in [6.07, 6.45) is 1.63. The molecule has 126 valence electrons. The molecule has 9 heteroatoms. The molecule has 0 aliphatic carbocycles. The van der Waals surface area contributed by atoms with Gasteiger partial charge in [0, 0.05) is 30.8 Å². The van der Waals surface area contributed by atoms with Gasteiger partial charge < -0.3 is 15.8 Å². The predicted molar refractivity (Wildman–Crippen MR) is 87.0 cm³/mol. The summed E-state index contributed by atoms with van der Waals surface area (Å²) in [5.41, 5.74) is 5.73. The number of hydrogen-bond donors (Lipinski definition) is 2. The van der Waals surface area contributed by atoms with Crippen molar-refractivity contribution in [1.82, 2.24) is 9.97 Å². The van der Waals surface area contributed by atoms with Gasteiger partial charge in [-0.3, -0.25) is 14.9 Å². The maximum Gasteiger partial charge on any atom is 0.288 e. The van der Waals surface area contributed by atoms with Crippen LogP contribution in [0.2, 0.25) is 0 Å². The first kappa shape index (κ1) is 17.1. The van der Waals surface area contributed by atoms with Crippen LogP contribution in [0.4, 0.5) is 11.5 Å². The van der Waals surface area contributed by atoms with Crippen molar-refractivity contribution in [3.05, 3.63) is 51.8 Å². The third-order valence-corrected chi connectivity index (χ3v) is 3.10. The molecular weight excluding hydrogens is 314 g/mol. The van der Waals surface area contributed by atoms with E-state index < -0.39 is 10.8 Å². The lowest BCUT2D eigenvalue weighted by Gasteiger charge is -2.09. The van der Waals surface area contributed by atoms with Gasteiger partial charge >= 0.3 is 0 Å². The SMILES string of the molecule is CCOc1cccc(CCNc2ncc([N+](=O)[O-])cc2C(N)=O)n1. The van der Waals surface area contributed by atoms with Gasteiger partial charge in [0.25, 0.3) is 11.6 Å². The number of hydrogen-bond acceptors (Lipinski definition) is 7. The van der Waals surface area contributed by atoms with Gasteiger partial charge in [-0.2, -0.15) is 0 Å². The quantitative estimate of drug-likeness (QED) is 0.553. The largest absolute Gasteiger partial charge is 0.478 e. The monoisotopic (exact) mass is 331 g/mol. The lowest BCUT2D eigenvalue weighted by atomic mass is 10.2. The highest BCUT2D eigenvalue weighted by molar-refractivity contribution is 5.98. The molecule has 2 aromatic heterocycles. The van der Waals surface area contributed by atoms with E-state index in [1.807, 2.05) is 19.1 Å². The third kappa shape index (κ3) is 4.38. The molecule has 2 aromatic rings. The molecule has 2 heterocycles. The molecule has 0 spiro atoms. The fraction of sp³-hybridized carbons (Fsp3) is 0.267. The van der Waals surface area contributed by atoms with Crippen LogP contribution in [-0.2, 0) is 6.42 Å². The Morgan fingerprint density at radius 3 is 2.92 bits per heavy atom. The molecule has 0 radical (unpaired) electrons. The molecule has 0 aliphatic heterocycles. The molecule has 0 saturated heterocycles. The van der Waals surface area contributed by atoms with Gasteiger partial charge in [-0.15, -0.1) is 0 Å². The van der Waals surface area contributed by atoms with E-state index in [0.717, 1.165) is 18.0 Å². The van der Waals surface area contributed by atoms with E-state index in [1.54, 1.807) is 6.07 Å². The number of nitrogens with two attached hydrogens (primary N) is 1. The van der Waals surface area contributed by atoms with Crippen LogP contribution in [0, 0.1) is 10.1 Å². The van der Waals surface area contributed by atoms with E-state index in [1.165, 1.54) is 0 Å². The number of pyridine rings is 2. The second-order valence-corrected chi connectivity index (χ2v) is 4.79. The zero-order valence-corrected chi connectivity index (χ0v) is 13.1. The van der Waals surface area contributed by atoms with Crippen molar-refractivity contribution in [3.8, 4) is 5.88 Å². The van der Waals surface area contributed by atoms with Crippen molar-refractivity contribution < 1.29 is 14.5 Å². The van der Waals surface area contributed by atoms with Gasteiger partial charge in [0.1, 0.15) is 12.0 Å². The lowest BCUT2D eigenvalue weighted by Crippen LogP contribution is -2.17. The molecule has 0 atom stereocenters. The molecule has 0 fully saturated rings. The van der Waals surface area contributed by atoms with Crippen LogP contribution in [-0.4, -0.2) is 34.0 Å². The topological polar surface area (TPSA) is 133 Å². The first-order valence-electron chi connectivity index (χ1n) is 7.28. The number of nitrogens with one attached hydrogen (secondary N) is 1. The van der Waals surface area contributed by atoms with E-state index >= 15 is 0 Å².